The molecule has 16 heavy (non-hydrogen) atoms. The molecule has 90 valence electrons. The summed E-state index contributed by atoms with van der Waals surface area (Å²) >= 11 is 0. The number of rotatable bonds is 5. The van der Waals surface area contributed by atoms with Crippen molar-refractivity contribution < 1.29 is 8.42 Å². The Bertz CT molecular complexity index is 459. The van der Waals surface area contributed by atoms with Gasteiger partial charge in [0.2, 0.25) is 10.0 Å². The van der Waals surface area contributed by atoms with Crippen LogP contribution in [0.2, 0.25) is 0 Å². The molecule has 7 nitrogen and oxygen atoms in total. The van der Waals surface area contributed by atoms with Gasteiger partial charge in [-0.3, -0.25) is 0 Å². The maximum Gasteiger partial charge on any atom is 0.209 e. The van der Waals surface area contributed by atoms with Crippen LogP contribution in [0, 0.1) is 0 Å². The van der Waals surface area contributed by atoms with Gasteiger partial charge in [0.15, 0.2) is 0 Å². The van der Waals surface area contributed by atoms with E-state index < -0.39 is 10.0 Å². The monoisotopic (exact) mass is 245 g/mol. The van der Waals surface area contributed by atoms with Gasteiger partial charge in [-0.25, -0.2) is 18.5 Å². The Kier molecular flexibility index (Phi) is 3.91. The highest BCUT2D eigenvalue weighted by molar-refractivity contribution is 7.89. The van der Waals surface area contributed by atoms with Gasteiger partial charge in [0, 0.05) is 6.54 Å². The number of nitrogen functional groups attached to an aromatic ring is 2. The van der Waals surface area contributed by atoms with Gasteiger partial charge in [0.1, 0.15) is 11.6 Å². The van der Waals surface area contributed by atoms with Crippen molar-refractivity contribution in [2.45, 2.75) is 6.42 Å². The Morgan fingerprint density at radius 1 is 1.31 bits per heavy atom. The van der Waals surface area contributed by atoms with Crippen molar-refractivity contribution >= 4 is 27.3 Å². The van der Waals surface area contributed by atoms with Crippen molar-refractivity contribution in [3.8, 4) is 0 Å². The number of hydrogen-bond acceptors (Lipinski definition) is 6. The predicted octanol–water partition coefficient (Wildman–Crippen LogP) is -0.663. The van der Waals surface area contributed by atoms with Crippen LogP contribution in [0.5, 0.6) is 0 Å². The number of primary sulfonamides is 1. The molecule has 1 aromatic heterocycles. The third-order valence-corrected chi connectivity index (χ3v) is 2.73. The zero-order chi connectivity index (χ0) is 12.2. The zero-order valence-electron chi connectivity index (χ0n) is 8.68. The number of anilines is 3. The molecule has 0 saturated carbocycles. The second kappa shape index (κ2) is 4.99. The fourth-order valence-electron chi connectivity index (χ4n) is 1.07. The lowest BCUT2D eigenvalue weighted by atomic mass is 10.3. The van der Waals surface area contributed by atoms with E-state index in [4.69, 9.17) is 16.6 Å². The highest BCUT2D eigenvalue weighted by Crippen LogP contribution is 2.14. The molecule has 0 aliphatic carbocycles. The number of pyridine rings is 1. The van der Waals surface area contributed by atoms with Crippen molar-refractivity contribution in [3.63, 3.8) is 0 Å². The molecule has 0 spiro atoms. The smallest absolute Gasteiger partial charge is 0.209 e. The lowest BCUT2D eigenvalue weighted by Gasteiger charge is -2.06. The lowest BCUT2D eigenvalue weighted by Crippen LogP contribution is -2.19. The fraction of sp³-hybridized carbons (Fsp3) is 0.375. The Morgan fingerprint density at radius 2 is 2.00 bits per heavy atom. The average molecular weight is 245 g/mol. The molecule has 0 radical (unpaired) electrons. The van der Waals surface area contributed by atoms with Gasteiger partial charge in [0.05, 0.1) is 11.4 Å². The molecular formula is C8H15N5O2S. The van der Waals surface area contributed by atoms with Crippen LogP contribution < -0.4 is 21.9 Å². The van der Waals surface area contributed by atoms with Gasteiger partial charge in [-0.05, 0) is 18.6 Å². The van der Waals surface area contributed by atoms with Crippen LogP contribution in [0.4, 0.5) is 17.3 Å². The van der Waals surface area contributed by atoms with E-state index in [-0.39, 0.29) is 11.6 Å². The molecular weight excluding hydrogens is 230 g/mol. The molecule has 0 unspecified atom stereocenters. The van der Waals surface area contributed by atoms with Gasteiger partial charge < -0.3 is 16.8 Å². The number of aromatic nitrogens is 1. The van der Waals surface area contributed by atoms with E-state index in [1.54, 1.807) is 12.1 Å². The zero-order valence-corrected chi connectivity index (χ0v) is 9.50. The van der Waals surface area contributed by atoms with Crippen molar-refractivity contribution in [1.82, 2.24) is 4.98 Å². The van der Waals surface area contributed by atoms with Gasteiger partial charge in [-0.15, -0.1) is 0 Å². The molecule has 1 heterocycles. The van der Waals surface area contributed by atoms with Crippen LogP contribution >= 0.6 is 0 Å². The van der Waals surface area contributed by atoms with Gasteiger partial charge in [0.25, 0.3) is 0 Å². The molecule has 1 rings (SSSR count). The normalized spacial score (nSPS) is 11.3. The van der Waals surface area contributed by atoms with Crippen LogP contribution in [0.15, 0.2) is 12.1 Å². The Hall–Kier alpha value is -1.54. The predicted molar refractivity (Wildman–Crippen MR) is 64.1 cm³/mol. The fourth-order valence-corrected chi connectivity index (χ4v) is 1.62. The quantitative estimate of drug-likeness (QED) is 0.508. The number of nitrogens with one attached hydrogen (secondary N) is 1. The van der Waals surface area contributed by atoms with Crippen molar-refractivity contribution in [2.75, 3.05) is 29.1 Å². The molecule has 0 aliphatic rings. The number of nitrogens with two attached hydrogens (primary N) is 3. The minimum atomic E-state index is -3.40. The molecule has 0 bridgehead atoms. The average Bonchev–Trinajstić information content (AvgIpc) is 2.17. The third kappa shape index (κ3) is 4.32. The Morgan fingerprint density at radius 3 is 2.56 bits per heavy atom. The molecule has 8 heteroatoms. The van der Waals surface area contributed by atoms with E-state index in [1.165, 1.54) is 0 Å². The summed E-state index contributed by atoms with van der Waals surface area (Å²) in [5.41, 5.74) is 11.4. The molecule has 0 aliphatic heterocycles. The van der Waals surface area contributed by atoms with E-state index in [0.29, 0.717) is 24.5 Å². The van der Waals surface area contributed by atoms with E-state index >= 15 is 0 Å². The standard InChI is InChI=1S/C8H15N5O2S/c9-6-2-3-7(13-8(6)10)12-4-1-5-16(11,14)15/h2-3H,1,4-5,9H2,(H3,10,12,13)(H2,11,14,15). The van der Waals surface area contributed by atoms with E-state index in [0.717, 1.165) is 0 Å². The largest absolute Gasteiger partial charge is 0.396 e. The first-order chi connectivity index (χ1) is 7.38. The second-order valence-electron chi connectivity index (χ2n) is 3.32. The Balaban J connectivity index is 2.41. The van der Waals surface area contributed by atoms with Crippen molar-refractivity contribution in [2.24, 2.45) is 5.14 Å². The van der Waals surface area contributed by atoms with E-state index in [9.17, 15) is 8.42 Å². The van der Waals surface area contributed by atoms with Crippen molar-refractivity contribution in [3.05, 3.63) is 12.1 Å². The van der Waals surface area contributed by atoms with Crippen LogP contribution in [0.3, 0.4) is 0 Å². The SMILES string of the molecule is Nc1ccc(NCCCS(N)(=O)=O)nc1N. The molecule has 1 aromatic rings. The van der Waals surface area contributed by atoms with Gasteiger partial charge in [-0.1, -0.05) is 0 Å². The summed E-state index contributed by atoms with van der Waals surface area (Å²) in [6.45, 7) is 0.451. The summed E-state index contributed by atoms with van der Waals surface area (Å²) in [5, 5.41) is 7.77. The first kappa shape index (κ1) is 12.5. The highest BCUT2D eigenvalue weighted by Gasteiger charge is 2.02. The van der Waals surface area contributed by atoms with E-state index in [2.05, 4.69) is 10.3 Å². The van der Waals surface area contributed by atoms with Gasteiger partial charge >= 0.3 is 0 Å². The number of hydrogen-bond donors (Lipinski definition) is 4. The molecule has 0 fully saturated rings. The maximum atomic E-state index is 10.6. The third-order valence-electron chi connectivity index (χ3n) is 1.87. The first-order valence-corrected chi connectivity index (χ1v) is 6.36. The summed E-state index contributed by atoms with van der Waals surface area (Å²) in [5.74, 6) is 0.738. The minimum Gasteiger partial charge on any atom is -0.396 e. The first-order valence-electron chi connectivity index (χ1n) is 4.65. The number of sulfonamides is 1. The summed E-state index contributed by atoms with van der Waals surface area (Å²) in [7, 11) is -3.40. The van der Waals surface area contributed by atoms with Crippen LogP contribution in [0.1, 0.15) is 6.42 Å². The lowest BCUT2D eigenvalue weighted by molar-refractivity contribution is 0.595. The highest BCUT2D eigenvalue weighted by atomic mass is 32.2. The minimum absolute atomic E-state index is 0.0650. The molecule has 0 atom stereocenters. The van der Waals surface area contributed by atoms with E-state index in [1.807, 2.05) is 0 Å². The maximum absolute atomic E-state index is 10.6. The van der Waals surface area contributed by atoms with Gasteiger partial charge in [-0.2, -0.15) is 0 Å². The summed E-state index contributed by atoms with van der Waals surface area (Å²) < 4.78 is 21.3. The van der Waals surface area contributed by atoms with Crippen LogP contribution in [0.25, 0.3) is 0 Å². The van der Waals surface area contributed by atoms with Crippen LogP contribution in [-0.4, -0.2) is 25.7 Å². The van der Waals surface area contributed by atoms with Crippen LogP contribution in [-0.2, 0) is 10.0 Å². The molecule has 0 amide bonds. The second-order valence-corrected chi connectivity index (χ2v) is 5.05. The summed E-state index contributed by atoms with van der Waals surface area (Å²) in [6, 6.07) is 3.30. The summed E-state index contributed by atoms with van der Waals surface area (Å²) in [4.78, 5) is 3.97. The molecule has 0 aromatic carbocycles. The van der Waals surface area contributed by atoms with Crippen molar-refractivity contribution in [1.29, 1.82) is 0 Å². The topological polar surface area (TPSA) is 137 Å². The summed E-state index contributed by atoms with van der Waals surface area (Å²) in [6.07, 6.45) is 0.408. The Labute approximate surface area is 94.1 Å². The number of nitrogens with zero attached hydrogens (tertiary/aromatic N) is 1. The molecule has 0 saturated heterocycles. The molecule has 7 N–H and O–H groups in total.